The second-order valence-electron chi connectivity index (χ2n) is 6.56. The standard InChI is InChI=1S/C18H28N4O.HI/c1-4-14-7-9-15(10-8-14)21-17(19)20-13-18(11-5-6-12-18)16(23)22(2)3;/h7-10H,4-6,11-13H2,1-3H3,(H3,19,20,21);1H. The van der Waals surface area contributed by atoms with Crippen molar-refractivity contribution in [1.29, 1.82) is 0 Å². The van der Waals surface area contributed by atoms with Crippen LogP contribution in [0.2, 0.25) is 0 Å². The summed E-state index contributed by atoms with van der Waals surface area (Å²) in [5.74, 6) is 0.533. The van der Waals surface area contributed by atoms with Gasteiger partial charge in [0.1, 0.15) is 0 Å². The quantitative estimate of drug-likeness (QED) is 0.416. The predicted octanol–water partition coefficient (Wildman–Crippen LogP) is 3.24. The molecule has 1 fully saturated rings. The molecule has 0 atom stereocenters. The van der Waals surface area contributed by atoms with E-state index < -0.39 is 0 Å². The number of benzene rings is 1. The highest BCUT2D eigenvalue weighted by molar-refractivity contribution is 14.0. The number of aliphatic imine (C=N–C) groups is 1. The number of guanidine groups is 1. The van der Waals surface area contributed by atoms with Crippen LogP contribution in [0.3, 0.4) is 0 Å². The minimum Gasteiger partial charge on any atom is -0.370 e. The van der Waals surface area contributed by atoms with Gasteiger partial charge in [-0.25, -0.2) is 0 Å². The first-order chi connectivity index (χ1) is 11.0. The van der Waals surface area contributed by atoms with E-state index in [-0.39, 0.29) is 35.3 Å². The summed E-state index contributed by atoms with van der Waals surface area (Å²) in [7, 11) is 3.62. The van der Waals surface area contributed by atoms with Crippen LogP contribution in [0.1, 0.15) is 38.2 Å². The molecule has 0 radical (unpaired) electrons. The zero-order valence-corrected chi connectivity index (χ0v) is 17.2. The van der Waals surface area contributed by atoms with E-state index in [2.05, 4.69) is 29.4 Å². The number of halogens is 1. The fourth-order valence-electron chi connectivity index (χ4n) is 3.21. The molecule has 0 saturated heterocycles. The summed E-state index contributed by atoms with van der Waals surface area (Å²) >= 11 is 0. The lowest BCUT2D eigenvalue weighted by atomic mass is 9.85. The Labute approximate surface area is 162 Å². The van der Waals surface area contributed by atoms with Crippen LogP contribution in [0.15, 0.2) is 29.3 Å². The van der Waals surface area contributed by atoms with Crippen molar-refractivity contribution in [1.82, 2.24) is 4.90 Å². The van der Waals surface area contributed by atoms with Crippen LogP contribution in [0.25, 0.3) is 0 Å². The fraction of sp³-hybridized carbons (Fsp3) is 0.556. The number of anilines is 1. The van der Waals surface area contributed by atoms with Crippen molar-refractivity contribution in [2.75, 3.05) is 26.0 Å². The number of amides is 1. The molecule has 2 rings (SSSR count). The predicted molar refractivity (Wildman–Crippen MR) is 111 cm³/mol. The molecular formula is C18H29IN4O. The van der Waals surface area contributed by atoms with Crippen LogP contribution in [0.4, 0.5) is 5.69 Å². The van der Waals surface area contributed by atoms with E-state index in [4.69, 9.17) is 5.73 Å². The summed E-state index contributed by atoms with van der Waals surface area (Å²) in [6, 6.07) is 8.14. The average molecular weight is 444 g/mol. The molecular weight excluding hydrogens is 415 g/mol. The number of nitrogens with two attached hydrogens (primary N) is 1. The van der Waals surface area contributed by atoms with Gasteiger partial charge in [-0.3, -0.25) is 9.79 Å². The molecule has 1 aliphatic carbocycles. The van der Waals surface area contributed by atoms with Gasteiger partial charge in [-0.05, 0) is 37.0 Å². The Balaban J connectivity index is 0.00000288. The Morgan fingerprint density at radius 2 is 1.83 bits per heavy atom. The third kappa shape index (κ3) is 5.09. The largest absolute Gasteiger partial charge is 0.370 e. The molecule has 0 aliphatic heterocycles. The van der Waals surface area contributed by atoms with E-state index in [0.29, 0.717) is 12.5 Å². The van der Waals surface area contributed by atoms with Crippen LogP contribution >= 0.6 is 24.0 Å². The second-order valence-corrected chi connectivity index (χ2v) is 6.56. The zero-order valence-electron chi connectivity index (χ0n) is 14.8. The van der Waals surface area contributed by atoms with Crippen LogP contribution in [0.5, 0.6) is 0 Å². The summed E-state index contributed by atoms with van der Waals surface area (Å²) in [6.07, 6.45) is 4.97. The van der Waals surface area contributed by atoms with Crippen molar-refractivity contribution in [3.63, 3.8) is 0 Å². The molecule has 0 bridgehead atoms. The number of hydrogen-bond acceptors (Lipinski definition) is 2. The Kier molecular flexibility index (Phi) is 7.99. The molecule has 1 aromatic carbocycles. The Bertz CT molecular complexity index is 563. The molecule has 1 saturated carbocycles. The molecule has 0 unspecified atom stereocenters. The van der Waals surface area contributed by atoms with Gasteiger partial charge in [0, 0.05) is 19.8 Å². The van der Waals surface area contributed by atoms with Gasteiger partial charge in [0.15, 0.2) is 5.96 Å². The number of carbonyl (C=O) groups excluding carboxylic acids is 1. The molecule has 1 aromatic rings. The molecule has 24 heavy (non-hydrogen) atoms. The SMILES string of the molecule is CCc1ccc(NC(N)=NCC2(C(=O)N(C)C)CCCC2)cc1.I. The highest BCUT2D eigenvalue weighted by atomic mass is 127. The van der Waals surface area contributed by atoms with E-state index in [0.717, 1.165) is 37.8 Å². The first kappa shape index (κ1) is 20.7. The van der Waals surface area contributed by atoms with Crippen LogP contribution in [0, 0.1) is 5.41 Å². The number of rotatable bonds is 5. The van der Waals surface area contributed by atoms with Gasteiger partial charge >= 0.3 is 0 Å². The molecule has 5 nitrogen and oxygen atoms in total. The Morgan fingerprint density at radius 3 is 2.33 bits per heavy atom. The maximum atomic E-state index is 12.5. The first-order valence-electron chi connectivity index (χ1n) is 8.34. The maximum Gasteiger partial charge on any atom is 0.230 e. The zero-order chi connectivity index (χ0) is 16.9. The number of carbonyl (C=O) groups is 1. The van der Waals surface area contributed by atoms with Gasteiger partial charge in [-0.15, -0.1) is 24.0 Å². The summed E-state index contributed by atoms with van der Waals surface area (Å²) in [5, 5.41) is 3.11. The molecule has 6 heteroatoms. The molecule has 134 valence electrons. The monoisotopic (exact) mass is 444 g/mol. The summed E-state index contributed by atoms with van der Waals surface area (Å²) in [5.41, 5.74) is 7.83. The molecule has 0 aromatic heterocycles. The smallest absolute Gasteiger partial charge is 0.230 e. The van der Waals surface area contributed by atoms with Crippen LogP contribution in [-0.2, 0) is 11.2 Å². The lowest BCUT2D eigenvalue weighted by Gasteiger charge is -2.29. The van der Waals surface area contributed by atoms with Crippen molar-refractivity contribution in [3.8, 4) is 0 Å². The highest BCUT2D eigenvalue weighted by Gasteiger charge is 2.41. The van der Waals surface area contributed by atoms with Gasteiger partial charge in [0.25, 0.3) is 0 Å². The van der Waals surface area contributed by atoms with Gasteiger partial charge in [-0.2, -0.15) is 0 Å². The van der Waals surface area contributed by atoms with Crippen molar-refractivity contribution < 1.29 is 4.79 Å². The minimum atomic E-state index is -0.373. The van der Waals surface area contributed by atoms with Gasteiger partial charge < -0.3 is 16.0 Å². The van der Waals surface area contributed by atoms with E-state index in [1.807, 2.05) is 26.2 Å². The summed E-state index contributed by atoms with van der Waals surface area (Å²) in [4.78, 5) is 18.6. The summed E-state index contributed by atoms with van der Waals surface area (Å²) < 4.78 is 0. The molecule has 1 aliphatic rings. The third-order valence-electron chi connectivity index (χ3n) is 4.61. The number of nitrogens with one attached hydrogen (secondary N) is 1. The van der Waals surface area contributed by atoms with E-state index in [1.165, 1.54) is 5.56 Å². The Hall–Kier alpha value is -1.31. The fourth-order valence-corrected chi connectivity index (χ4v) is 3.21. The van der Waals surface area contributed by atoms with E-state index >= 15 is 0 Å². The van der Waals surface area contributed by atoms with E-state index in [9.17, 15) is 4.79 Å². The normalized spacial score (nSPS) is 16.4. The minimum absolute atomic E-state index is 0. The van der Waals surface area contributed by atoms with E-state index in [1.54, 1.807) is 4.90 Å². The van der Waals surface area contributed by atoms with Crippen molar-refractivity contribution in [2.24, 2.45) is 16.1 Å². The molecule has 0 heterocycles. The van der Waals surface area contributed by atoms with Crippen molar-refractivity contribution in [3.05, 3.63) is 29.8 Å². The maximum absolute atomic E-state index is 12.5. The number of aryl methyl sites for hydroxylation is 1. The molecule has 1 amide bonds. The highest BCUT2D eigenvalue weighted by Crippen LogP contribution is 2.39. The summed E-state index contributed by atoms with van der Waals surface area (Å²) in [6.45, 7) is 2.58. The van der Waals surface area contributed by atoms with Gasteiger partial charge in [-0.1, -0.05) is 31.9 Å². The molecule has 0 spiro atoms. The second kappa shape index (κ2) is 9.25. The number of hydrogen-bond donors (Lipinski definition) is 2. The van der Waals surface area contributed by atoms with Crippen molar-refractivity contribution >= 4 is 41.5 Å². The van der Waals surface area contributed by atoms with Crippen LogP contribution < -0.4 is 11.1 Å². The molecule has 3 N–H and O–H groups in total. The number of nitrogens with zero attached hydrogens (tertiary/aromatic N) is 2. The Morgan fingerprint density at radius 1 is 1.25 bits per heavy atom. The average Bonchev–Trinajstić information content (AvgIpc) is 3.03. The van der Waals surface area contributed by atoms with Crippen LogP contribution in [-0.4, -0.2) is 37.4 Å². The topological polar surface area (TPSA) is 70.7 Å². The lowest BCUT2D eigenvalue weighted by Crippen LogP contribution is -2.41. The van der Waals surface area contributed by atoms with Gasteiger partial charge in [0.05, 0.1) is 12.0 Å². The first-order valence-corrected chi connectivity index (χ1v) is 8.34. The lowest BCUT2D eigenvalue weighted by molar-refractivity contribution is -0.138. The van der Waals surface area contributed by atoms with Gasteiger partial charge in [0.2, 0.25) is 5.91 Å². The van der Waals surface area contributed by atoms with Crippen molar-refractivity contribution in [2.45, 2.75) is 39.0 Å². The third-order valence-corrected chi connectivity index (χ3v) is 4.61.